The molecule has 7 N–H and O–H groups in total. The van der Waals surface area contributed by atoms with Gasteiger partial charge in [0.2, 0.25) is 11.8 Å². The molecule has 1 saturated carbocycles. The fraction of sp³-hybridized carbons (Fsp3) is 0.244. The molecule has 2 aromatic heterocycles. The number of anilines is 1. The Bertz CT molecular complexity index is 2590. The summed E-state index contributed by atoms with van der Waals surface area (Å²) in [5, 5.41) is 49.0. The second kappa shape index (κ2) is 24.1. The van der Waals surface area contributed by atoms with Crippen molar-refractivity contribution in [2.24, 2.45) is 11.8 Å². The minimum Gasteiger partial charge on any atom is -0.495 e. The van der Waals surface area contributed by atoms with E-state index in [1.807, 2.05) is 30.5 Å². The summed E-state index contributed by atoms with van der Waals surface area (Å²) in [5.74, 6) is -5.50. The van der Waals surface area contributed by atoms with E-state index in [0.29, 0.717) is 58.7 Å². The molecule has 0 aliphatic heterocycles. The number of rotatable bonds is 12. The smallest absolute Gasteiger partial charge is 0.335 e. The molecular weight excluding hydrogens is 857 g/mol. The first-order chi connectivity index (χ1) is 30.6. The highest BCUT2D eigenvalue weighted by Gasteiger charge is 2.36. The molecule has 2 amide bonds. The van der Waals surface area contributed by atoms with Gasteiger partial charge in [0.15, 0.2) is 0 Å². The summed E-state index contributed by atoms with van der Waals surface area (Å²) in [4.78, 5) is 69.4. The monoisotopic (exact) mass is 901 g/mol. The van der Waals surface area contributed by atoms with E-state index in [1.165, 1.54) is 56.5 Å². The Balaban J connectivity index is 0.000000193. The van der Waals surface area contributed by atoms with E-state index < -0.39 is 41.8 Å². The van der Waals surface area contributed by atoms with Crippen molar-refractivity contribution < 1.29 is 62.9 Å². The number of carbonyl (C=O) groups is 6. The zero-order chi connectivity index (χ0) is 46.8. The topological polar surface area (TPSA) is 271 Å². The lowest BCUT2D eigenvalue weighted by Crippen LogP contribution is -2.39. The minimum atomic E-state index is -1.01. The minimum absolute atomic E-state index is 0.179. The molecule has 1 aliphatic carbocycles. The molecule has 0 bridgehead atoms. The van der Waals surface area contributed by atoms with Gasteiger partial charge < -0.3 is 40.8 Å². The predicted molar refractivity (Wildman–Crippen MR) is 233 cm³/mol. The summed E-state index contributed by atoms with van der Waals surface area (Å²) in [6, 6.07) is 21.9. The molecule has 17 nitrogen and oxygen atoms in total. The molecule has 4 aromatic carbocycles. The summed E-state index contributed by atoms with van der Waals surface area (Å²) in [6.45, 7) is 1.32. The second-order valence-corrected chi connectivity index (χ2v) is 14.6. The molecule has 0 saturated heterocycles. The highest BCUT2D eigenvalue weighted by atomic mass is 35.5. The van der Waals surface area contributed by atoms with E-state index in [0.717, 1.165) is 35.4 Å². The van der Waals surface area contributed by atoms with Gasteiger partial charge in [-0.25, -0.2) is 23.4 Å². The number of carboxylic acids is 4. The number of hydrogen-bond donors (Lipinski definition) is 7. The van der Waals surface area contributed by atoms with Crippen LogP contribution in [0.5, 0.6) is 5.75 Å². The highest BCUT2D eigenvalue weighted by molar-refractivity contribution is 6.31. The van der Waals surface area contributed by atoms with Crippen LogP contribution in [0.3, 0.4) is 0 Å². The molecule has 64 heavy (non-hydrogen) atoms. The van der Waals surface area contributed by atoms with Crippen LogP contribution in [-0.4, -0.2) is 84.6 Å². The summed E-state index contributed by atoms with van der Waals surface area (Å²) in [5.41, 5.74) is 4.41. The van der Waals surface area contributed by atoms with E-state index >= 15 is 0 Å². The van der Waals surface area contributed by atoms with Crippen molar-refractivity contribution in [1.29, 1.82) is 0 Å². The van der Waals surface area contributed by atoms with Crippen LogP contribution in [-0.2, 0) is 30.4 Å². The number of nitrogens with one attached hydrogen (secondary N) is 3. The highest BCUT2D eigenvalue weighted by Crippen LogP contribution is 2.33. The Kier molecular flexibility index (Phi) is 18.5. The first kappa shape index (κ1) is 49.1. The van der Waals surface area contributed by atoms with E-state index in [4.69, 9.17) is 31.7 Å². The number of methoxy groups -OCH3 is 1. The van der Waals surface area contributed by atoms with Crippen LogP contribution in [0.25, 0.3) is 28.0 Å². The number of para-hydroxylation sites is 1. The van der Waals surface area contributed by atoms with Crippen molar-refractivity contribution in [3.8, 4) is 5.75 Å². The van der Waals surface area contributed by atoms with Crippen molar-refractivity contribution in [3.63, 3.8) is 0 Å². The fourth-order valence-corrected chi connectivity index (χ4v) is 6.71. The Morgan fingerprint density at radius 2 is 1.59 bits per heavy atom. The normalized spacial score (nSPS) is 14.6. The third kappa shape index (κ3) is 15.1. The van der Waals surface area contributed by atoms with Gasteiger partial charge in [-0.1, -0.05) is 54.8 Å². The van der Waals surface area contributed by atoms with Crippen LogP contribution in [0.4, 0.5) is 10.1 Å². The molecule has 19 heteroatoms. The van der Waals surface area contributed by atoms with E-state index in [9.17, 15) is 38.3 Å². The van der Waals surface area contributed by atoms with Crippen molar-refractivity contribution in [2.75, 3.05) is 12.4 Å². The predicted octanol–water partition coefficient (Wildman–Crippen LogP) is 7.71. The second-order valence-electron chi connectivity index (χ2n) is 14.2. The zero-order valence-electron chi connectivity index (χ0n) is 34.5. The van der Waals surface area contributed by atoms with Gasteiger partial charge in [-0.2, -0.15) is 0 Å². The molecule has 1 unspecified atom stereocenters. The summed E-state index contributed by atoms with van der Waals surface area (Å²) in [7, 11) is 1.50. The number of ether oxygens (including phenoxy) is 1. The van der Waals surface area contributed by atoms with Gasteiger partial charge >= 0.3 is 23.9 Å². The van der Waals surface area contributed by atoms with Crippen molar-refractivity contribution in [1.82, 2.24) is 20.6 Å². The number of carbonyl (C=O) groups excluding carboxylic acids is 2. The van der Waals surface area contributed by atoms with E-state index in [-0.39, 0.29) is 23.2 Å². The number of amides is 2. The molecule has 1 aliphatic rings. The maximum Gasteiger partial charge on any atom is 0.335 e. The van der Waals surface area contributed by atoms with Crippen LogP contribution in [0, 0.1) is 17.7 Å². The molecule has 6 aromatic rings. The third-order valence-electron chi connectivity index (χ3n) is 9.68. The molecular formula is C45H45ClFN5O12. The summed E-state index contributed by atoms with van der Waals surface area (Å²) >= 11 is 5.92. The van der Waals surface area contributed by atoms with Crippen molar-refractivity contribution in [2.45, 2.75) is 51.5 Å². The van der Waals surface area contributed by atoms with Crippen molar-refractivity contribution >= 4 is 81.0 Å². The Labute approximate surface area is 369 Å². The Hall–Kier alpha value is -7.60. The number of halogens is 2. The number of fused-ring (bicyclic) bond motifs is 2. The number of aryl methyl sites for hydroxylation is 1. The maximum absolute atomic E-state index is 12.4. The average Bonchev–Trinajstić information content (AvgIpc) is 3.92. The van der Waals surface area contributed by atoms with Gasteiger partial charge in [0, 0.05) is 35.1 Å². The number of aromatic carboxylic acids is 1. The van der Waals surface area contributed by atoms with Crippen LogP contribution in [0.2, 0.25) is 5.02 Å². The largest absolute Gasteiger partial charge is 0.495 e. The molecule has 2 heterocycles. The summed E-state index contributed by atoms with van der Waals surface area (Å²) < 4.78 is 21.9. The Morgan fingerprint density at radius 1 is 0.906 bits per heavy atom. The van der Waals surface area contributed by atoms with Crippen molar-refractivity contribution in [3.05, 3.63) is 125 Å². The van der Waals surface area contributed by atoms with Gasteiger partial charge in [0.1, 0.15) is 28.6 Å². The first-order valence-corrected chi connectivity index (χ1v) is 20.0. The average molecular weight is 902 g/mol. The van der Waals surface area contributed by atoms with Gasteiger partial charge in [0.05, 0.1) is 30.2 Å². The molecule has 3 atom stereocenters. The molecule has 336 valence electrons. The molecule has 1 fully saturated rings. The standard InChI is InChI=1S/C15H18ClNO4.C14H16N2O3.C9H7FO2.C7H4N2O3/c1-21-13-7-6-9(16)8-12(13)17-14(18)10-4-2-3-5-11(10)15(19)20;1-9(17)16-13(14(18)19)7-6-10-8-15-12-5-3-2-4-11(10)12;10-8-4-1-7(2-5-8)3-6-9(11)12;10-7(11)4-1-2-5-6(3-4)9-12-8-5/h6-8,10-11H,2-5H2,1H3,(H,17,18)(H,19,20);2-5,8,13,15H,6-7H2,1H3,(H,16,17)(H,18,19);1-6H,(H,11,12);1-3H,(H,10,11)/t10-,11+;;;/m0.../s1. The lowest BCUT2D eigenvalue weighted by atomic mass is 9.78. The number of aromatic amines is 1. The Morgan fingerprint density at radius 3 is 2.23 bits per heavy atom. The molecule has 0 radical (unpaired) electrons. The van der Waals surface area contributed by atoms with Gasteiger partial charge in [-0.05, 0) is 108 Å². The van der Waals surface area contributed by atoms with E-state index in [2.05, 4.69) is 30.6 Å². The fourth-order valence-electron chi connectivity index (χ4n) is 6.54. The number of nitrogens with zero attached hydrogens (tertiary/aromatic N) is 2. The van der Waals surface area contributed by atoms with Crippen LogP contribution < -0.4 is 15.4 Å². The first-order valence-electron chi connectivity index (χ1n) is 19.6. The lowest BCUT2D eigenvalue weighted by molar-refractivity contribution is -0.147. The number of benzene rings is 4. The van der Waals surface area contributed by atoms with Gasteiger partial charge in [-0.15, -0.1) is 0 Å². The summed E-state index contributed by atoms with van der Waals surface area (Å²) in [6.07, 6.45) is 8.12. The maximum atomic E-state index is 12.4. The quantitative estimate of drug-likeness (QED) is 0.0580. The van der Waals surface area contributed by atoms with Gasteiger partial charge in [-0.3, -0.25) is 14.4 Å². The zero-order valence-corrected chi connectivity index (χ0v) is 35.3. The molecule has 0 spiro atoms. The SMILES string of the molecule is CC(=O)NC(CCc1c[nH]c2ccccc12)C(=O)O.COc1ccc(Cl)cc1NC(=O)[C@H]1CCCC[C@H]1C(=O)O.O=C(O)C=Cc1ccc(F)cc1.O=C(O)c1ccc2nonc2c1. The third-order valence-corrected chi connectivity index (χ3v) is 9.92. The molecule has 7 rings (SSSR count). The van der Waals surface area contributed by atoms with Crippen LogP contribution >= 0.6 is 11.6 Å². The van der Waals surface area contributed by atoms with Crippen LogP contribution in [0.15, 0.2) is 102 Å². The number of H-pyrrole nitrogens is 1. The lowest BCUT2D eigenvalue weighted by Gasteiger charge is -2.27. The van der Waals surface area contributed by atoms with E-state index in [1.54, 1.807) is 24.3 Å². The number of hydrogen-bond acceptors (Lipinski definition) is 10. The number of carboxylic acid groups (broad SMARTS) is 4. The number of aliphatic carboxylic acids is 3. The number of aromatic nitrogens is 3. The van der Waals surface area contributed by atoms with Crippen LogP contribution in [0.1, 0.15) is 60.5 Å². The van der Waals surface area contributed by atoms with Gasteiger partial charge in [0.25, 0.3) is 0 Å².